The molecule has 0 bridgehead atoms. The first-order valence-electron chi connectivity index (χ1n) is 6.02. The number of carbonyl (C=O) groups excluding carboxylic acids is 1. The van der Waals surface area contributed by atoms with Gasteiger partial charge in [-0.15, -0.1) is 12.4 Å². The Hall–Kier alpha value is -1.13. The van der Waals surface area contributed by atoms with Crippen LogP contribution in [-0.2, 0) is 11.3 Å². The van der Waals surface area contributed by atoms with E-state index < -0.39 is 0 Å². The third kappa shape index (κ3) is 3.96. The number of hydrogen-bond donors (Lipinski definition) is 2. The minimum Gasteiger partial charge on any atom is -0.351 e. The highest BCUT2D eigenvalue weighted by molar-refractivity contribution is 5.85. The van der Waals surface area contributed by atoms with Gasteiger partial charge in [-0.2, -0.15) is 0 Å². The SMILES string of the molecule is Cl.O=C(NCc1ccccc1F)[C@H]1CCCCN1. The van der Waals surface area contributed by atoms with Crippen LogP contribution in [0.3, 0.4) is 0 Å². The molecule has 1 saturated heterocycles. The fourth-order valence-corrected chi connectivity index (χ4v) is 2.02. The Morgan fingerprint density at radius 3 is 2.83 bits per heavy atom. The molecule has 1 aromatic carbocycles. The van der Waals surface area contributed by atoms with Gasteiger partial charge in [0.2, 0.25) is 5.91 Å². The van der Waals surface area contributed by atoms with E-state index in [4.69, 9.17) is 0 Å². The van der Waals surface area contributed by atoms with Gasteiger partial charge in [-0.1, -0.05) is 24.6 Å². The van der Waals surface area contributed by atoms with Gasteiger partial charge in [0.1, 0.15) is 5.82 Å². The lowest BCUT2D eigenvalue weighted by Crippen LogP contribution is -2.46. The molecule has 2 rings (SSSR count). The Bertz CT molecular complexity index is 394. The fourth-order valence-electron chi connectivity index (χ4n) is 2.02. The van der Waals surface area contributed by atoms with Crippen LogP contribution in [0.5, 0.6) is 0 Å². The first-order chi connectivity index (χ1) is 8.27. The maximum atomic E-state index is 13.3. The van der Waals surface area contributed by atoms with Crippen LogP contribution in [0.2, 0.25) is 0 Å². The Labute approximate surface area is 113 Å². The predicted octanol–water partition coefficient (Wildman–Crippen LogP) is 2.01. The van der Waals surface area contributed by atoms with E-state index in [0.29, 0.717) is 5.56 Å². The van der Waals surface area contributed by atoms with Gasteiger partial charge >= 0.3 is 0 Å². The lowest BCUT2D eigenvalue weighted by Gasteiger charge is -2.22. The van der Waals surface area contributed by atoms with Crippen LogP contribution in [-0.4, -0.2) is 18.5 Å². The lowest BCUT2D eigenvalue weighted by atomic mass is 10.0. The van der Waals surface area contributed by atoms with Crippen LogP contribution < -0.4 is 10.6 Å². The normalized spacial score (nSPS) is 18.8. The van der Waals surface area contributed by atoms with Gasteiger partial charge in [-0.25, -0.2) is 4.39 Å². The summed E-state index contributed by atoms with van der Waals surface area (Å²) in [7, 11) is 0. The molecule has 100 valence electrons. The molecule has 5 heteroatoms. The van der Waals surface area contributed by atoms with Gasteiger partial charge in [0.15, 0.2) is 0 Å². The Morgan fingerprint density at radius 1 is 1.39 bits per heavy atom. The molecule has 1 aliphatic heterocycles. The van der Waals surface area contributed by atoms with Crippen LogP contribution >= 0.6 is 12.4 Å². The minimum absolute atomic E-state index is 0. The van der Waals surface area contributed by atoms with Crippen molar-refractivity contribution in [3.63, 3.8) is 0 Å². The molecule has 1 amide bonds. The molecule has 3 nitrogen and oxygen atoms in total. The molecular formula is C13H18ClFN2O. The van der Waals surface area contributed by atoms with Crippen LogP contribution in [0, 0.1) is 5.82 Å². The Kier molecular flexibility index (Phi) is 6.09. The summed E-state index contributed by atoms with van der Waals surface area (Å²) in [5.41, 5.74) is 0.525. The second-order valence-corrected chi connectivity index (χ2v) is 4.31. The quantitative estimate of drug-likeness (QED) is 0.884. The van der Waals surface area contributed by atoms with Gasteiger partial charge in [-0.05, 0) is 25.5 Å². The predicted molar refractivity (Wildman–Crippen MR) is 71.1 cm³/mol. The van der Waals surface area contributed by atoms with Crippen molar-refractivity contribution in [2.24, 2.45) is 0 Å². The summed E-state index contributed by atoms with van der Waals surface area (Å²) in [6.07, 6.45) is 3.06. The largest absolute Gasteiger partial charge is 0.351 e. The molecule has 0 aromatic heterocycles. The van der Waals surface area contributed by atoms with Crippen molar-refractivity contribution in [1.82, 2.24) is 10.6 Å². The van der Waals surface area contributed by atoms with Crippen LogP contribution in [0.25, 0.3) is 0 Å². The maximum absolute atomic E-state index is 13.3. The van der Waals surface area contributed by atoms with E-state index >= 15 is 0 Å². The number of halogens is 2. The highest BCUT2D eigenvalue weighted by Crippen LogP contribution is 2.08. The van der Waals surface area contributed by atoms with Gasteiger partial charge in [0.25, 0.3) is 0 Å². The molecule has 0 saturated carbocycles. The summed E-state index contributed by atoms with van der Waals surface area (Å²) in [6, 6.07) is 6.38. The molecule has 1 fully saturated rings. The molecule has 1 aromatic rings. The fraction of sp³-hybridized carbons (Fsp3) is 0.462. The number of hydrogen-bond acceptors (Lipinski definition) is 2. The number of amides is 1. The first-order valence-corrected chi connectivity index (χ1v) is 6.02. The van der Waals surface area contributed by atoms with E-state index in [1.165, 1.54) is 6.07 Å². The van der Waals surface area contributed by atoms with E-state index in [9.17, 15) is 9.18 Å². The molecule has 2 N–H and O–H groups in total. The van der Waals surface area contributed by atoms with E-state index in [1.54, 1.807) is 18.2 Å². The zero-order valence-electron chi connectivity index (χ0n) is 10.1. The zero-order chi connectivity index (χ0) is 12.1. The third-order valence-electron chi connectivity index (χ3n) is 3.04. The summed E-state index contributed by atoms with van der Waals surface area (Å²) in [6.45, 7) is 1.14. The Morgan fingerprint density at radius 2 is 2.17 bits per heavy atom. The smallest absolute Gasteiger partial charge is 0.237 e. The van der Waals surface area contributed by atoms with E-state index in [0.717, 1.165) is 25.8 Å². The topological polar surface area (TPSA) is 41.1 Å². The van der Waals surface area contributed by atoms with Crippen LogP contribution in [0.1, 0.15) is 24.8 Å². The molecule has 0 radical (unpaired) electrons. The van der Waals surface area contributed by atoms with Crippen molar-refractivity contribution in [3.8, 4) is 0 Å². The van der Waals surface area contributed by atoms with Crippen molar-refractivity contribution < 1.29 is 9.18 Å². The second kappa shape index (κ2) is 7.34. The minimum atomic E-state index is -0.274. The summed E-state index contributed by atoms with van der Waals surface area (Å²) in [4.78, 5) is 11.8. The maximum Gasteiger partial charge on any atom is 0.237 e. The lowest BCUT2D eigenvalue weighted by molar-refractivity contribution is -0.123. The number of nitrogens with one attached hydrogen (secondary N) is 2. The van der Waals surface area contributed by atoms with Gasteiger partial charge < -0.3 is 10.6 Å². The van der Waals surface area contributed by atoms with E-state index in [1.807, 2.05) is 0 Å². The van der Waals surface area contributed by atoms with Crippen LogP contribution in [0.15, 0.2) is 24.3 Å². The molecule has 1 atom stereocenters. The molecule has 18 heavy (non-hydrogen) atoms. The van der Waals surface area contributed by atoms with Crippen molar-refractivity contribution in [2.75, 3.05) is 6.54 Å². The zero-order valence-corrected chi connectivity index (χ0v) is 10.9. The Balaban J connectivity index is 0.00000162. The standard InChI is InChI=1S/C13H17FN2O.ClH/c14-11-6-2-1-5-10(11)9-16-13(17)12-7-3-4-8-15-12;/h1-2,5-6,12,15H,3-4,7-9H2,(H,16,17);1H/t12-;/m1./s1. The van der Waals surface area contributed by atoms with E-state index in [-0.39, 0.29) is 36.7 Å². The van der Waals surface area contributed by atoms with Gasteiger partial charge in [-0.3, -0.25) is 4.79 Å². The molecule has 1 heterocycles. The number of carbonyl (C=O) groups is 1. The number of benzene rings is 1. The highest BCUT2D eigenvalue weighted by Gasteiger charge is 2.20. The number of piperidine rings is 1. The molecule has 0 spiro atoms. The first kappa shape index (κ1) is 14.9. The monoisotopic (exact) mass is 272 g/mol. The average molecular weight is 273 g/mol. The summed E-state index contributed by atoms with van der Waals surface area (Å²) in [5, 5.41) is 5.93. The van der Waals surface area contributed by atoms with Gasteiger partial charge in [0.05, 0.1) is 6.04 Å². The van der Waals surface area contributed by atoms with Crippen molar-refractivity contribution in [3.05, 3.63) is 35.6 Å². The second-order valence-electron chi connectivity index (χ2n) is 4.31. The summed E-state index contributed by atoms with van der Waals surface area (Å²) < 4.78 is 13.3. The van der Waals surface area contributed by atoms with Gasteiger partial charge in [0, 0.05) is 12.1 Å². The molecule has 0 aliphatic carbocycles. The molecular weight excluding hydrogens is 255 g/mol. The molecule has 1 aliphatic rings. The number of rotatable bonds is 3. The molecule has 0 unspecified atom stereocenters. The summed E-state index contributed by atoms with van der Waals surface area (Å²) in [5.74, 6) is -0.308. The highest BCUT2D eigenvalue weighted by atomic mass is 35.5. The average Bonchev–Trinajstić information content (AvgIpc) is 2.38. The van der Waals surface area contributed by atoms with E-state index in [2.05, 4.69) is 10.6 Å². The summed E-state index contributed by atoms with van der Waals surface area (Å²) >= 11 is 0. The third-order valence-corrected chi connectivity index (χ3v) is 3.04. The van der Waals surface area contributed by atoms with Crippen molar-refractivity contribution in [2.45, 2.75) is 31.8 Å². The van der Waals surface area contributed by atoms with Crippen molar-refractivity contribution >= 4 is 18.3 Å². The van der Waals surface area contributed by atoms with Crippen molar-refractivity contribution in [1.29, 1.82) is 0 Å². The van der Waals surface area contributed by atoms with Crippen LogP contribution in [0.4, 0.5) is 4.39 Å².